The van der Waals surface area contributed by atoms with Crippen molar-refractivity contribution in [3.8, 4) is 0 Å². The molecule has 1 saturated carbocycles. The molecule has 5 heteroatoms. The Morgan fingerprint density at radius 2 is 1.91 bits per heavy atom. The molecule has 1 aliphatic carbocycles. The Morgan fingerprint density at radius 1 is 1.26 bits per heavy atom. The lowest BCUT2D eigenvalue weighted by Gasteiger charge is -2.32. The number of benzene rings is 1. The van der Waals surface area contributed by atoms with Gasteiger partial charge in [0.1, 0.15) is 5.82 Å². The van der Waals surface area contributed by atoms with E-state index in [1.165, 1.54) is 18.6 Å². The highest BCUT2D eigenvalue weighted by Crippen LogP contribution is 2.48. The van der Waals surface area contributed by atoms with Crippen LogP contribution in [0, 0.1) is 17.7 Å². The summed E-state index contributed by atoms with van der Waals surface area (Å²) in [5.41, 5.74) is 1.10. The highest BCUT2D eigenvalue weighted by molar-refractivity contribution is 5.85. The largest absolute Gasteiger partial charge is 0.342 e. The Balaban J connectivity index is 0.00000192. The molecule has 0 spiro atoms. The summed E-state index contributed by atoms with van der Waals surface area (Å²) in [4.78, 5) is 14.6. The van der Waals surface area contributed by atoms with Crippen LogP contribution in [0.1, 0.15) is 37.2 Å². The Hall–Kier alpha value is -1.13. The van der Waals surface area contributed by atoms with Crippen molar-refractivity contribution in [2.75, 3.05) is 26.7 Å². The van der Waals surface area contributed by atoms with Gasteiger partial charge in [0.2, 0.25) is 5.91 Å². The van der Waals surface area contributed by atoms with Gasteiger partial charge in [0, 0.05) is 19.0 Å². The van der Waals surface area contributed by atoms with Gasteiger partial charge in [-0.15, -0.1) is 12.4 Å². The molecule has 2 fully saturated rings. The van der Waals surface area contributed by atoms with Crippen molar-refractivity contribution in [3.63, 3.8) is 0 Å². The van der Waals surface area contributed by atoms with E-state index in [0.29, 0.717) is 11.8 Å². The minimum Gasteiger partial charge on any atom is -0.342 e. The van der Waals surface area contributed by atoms with E-state index in [1.54, 1.807) is 0 Å². The van der Waals surface area contributed by atoms with Crippen LogP contribution in [-0.2, 0) is 4.79 Å². The van der Waals surface area contributed by atoms with Crippen LogP contribution in [0.25, 0.3) is 0 Å². The molecule has 0 bridgehead atoms. The van der Waals surface area contributed by atoms with Crippen molar-refractivity contribution >= 4 is 18.3 Å². The second-order valence-electron chi connectivity index (χ2n) is 6.66. The van der Waals surface area contributed by atoms with Crippen molar-refractivity contribution in [2.45, 2.75) is 31.6 Å². The van der Waals surface area contributed by atoms with Gasteiger partial charge in [-0.05, 0) is 68.8 Å². The van der Waals surface area contributed by atoms with Crippen LogP contribution in [0.5, 0.6) is 0 Å². The summed E-state index contributed by atoms with van der Waals surface area (Å²) in [6, 6.07) is 6.61. The fourth-order valence-electron chi connectivity index (χ4n) is 3.57. The summed E-state index contributed by atoms with van der Waals surface area (Å²) >= 11 is 0. The van der Waals surface area contributed by atoms with Crippen LogP contribution in [0.3, 0.4) is 0 Å². The predicted octanol–water partition coefficient (Wildman–Crippen LogP) is 3.20. The van der Waals surface area contributed by atoms with E-state index in [2.05, 4.69) is 5.32 Å². The number of halogens is 2. The van der Waals surface area contributed by atoms with Gasteiger partial charge in [-0.2, -0.15) is 0 Å². The second-order valence-corrected chi connectivity index (χ2v) is 6.66. The number of nitrogens with zero attached hydrogens (tertiary/aromatic N) is 1. The Morgan fingerprint density at radius 3 is 2.52 bits per heavy atom. The molecule has 128 valence electrons. The molecule has 2 atom stereocenters. The van der Waals surface area contributed by atoms with Crippen molar-refractivity contribution in [3.05, 3.63) is 35.6 Å². The van der Waals surface area contributed by atoms with E-state index in [4.69, 9.17) is 0 Å². The van der Waals surface area contributed by atoms with Gasteiger partial charge in [0.05, 0.1) is 0 Å². The van der Waals surface area contributed by atoms with E-state index in [-0.39, 0.29) is 24.1 Å². The van der Waals surface area contributed by atoms with Gasteiger partial charge in [0.15, 0.2) is 0 Å². The molecular formula is C18H26ClFN2O. The van der Waals surface area contributed by atoms with Gasteiger partial charge in [-0.3, -0.25) is 4.79 Å². The molecule has 1 N–H and O–H groups in total. The molecule has 23 heavy (non-hydrogen) atoms. The lowest BCUT2D eigenvalue weighted by Crippen LogP contribution is -2.40. The molecule has 3 rings (SSSR count). The monoisotopic (exact) mass is 340 g/mol. The molecule has 0 aromatic heterocycles. The highest BCUT2D eigenvalue weighted by atomic mass is 35.5. The summed E-state index contributed by atoms with van der Waals surface area (Å²) in [5.74, 6) is 1.27. The maximum Gasteiger partial charge on any atom is 0.226 e. The molecule has 0 radical (unpaired) electrons. The second kappa shape index (κ2) is 8.11. The van der Waals surface area contributed by atoms with Gasteiger partial charge in [-0.25, -0.2) is 4.39 Å². The number of likely N-dealkylation sites (tertiary alicyclic amines) is 1. The minimum atomic E-state index is -0.212. The number of amides is 1. The van der Waals surface area contributed by atoms with Crippen molar-refractivity contribution in [2.24, 2.45) is 11.8 Å². The van der Waals surface area contributed by atoms with Gasteiger partial charge in [-0.1, -0.05) is 12.1 Å². The first-order chi connectivity index (χ1) is 10.7. The molecule has 1 aliphatic heterocycles. The Bertz CT molecular complexity index is 514. The lowest BCUT2D eigenvalue weighted by molar-refractivity contribution is -0.134. The zero-order valence-corrected chi connectivity index (χ0v) is 14.4. The number of rotatable bonds is 5. The Kier molecular flexibility index (Phi) is 6.42. The summed E-state index contributed by atoms with van der Waals surface area (Å²) < 4.78 is 13.0. The van der Waals surface area contributed by atoms with Crippen LogP contribution < -0.4 is 5.32 Å². The topological polar surface area (TPSA) is 32.3 Å². The molecule has 2 aliphatic rings. The zero-order chi connectivity index (χ0) is 15.5. The number of carbonyl (C=O) groups is 1. The quantitative estimate of drug-likeness (QED) is 0.892. The van der Waals surface area contributed by atoms with E-state index >= 15 is 0 Å². The van der Waals surface area contributed by atoms with Gasteiger partial charge < -0.3 is 10.2 Å². The maximum atomic E-state index is 13.0. The zero-order valence-electron chi connectivity index (χ0n) is 13.6. The van der Waals surface area contributed by atoms with Crippen LogP contribution in [0.15, 0.2) is 24.3 Å². The van der Waals surface area contributed by atoms with Gasteiger partial charge in [0.25, 0.3) is 0 Å². The third kappa shape index (κ3) is 4.45. The third-order valence-electron chi connectivity index (χ3n) is 5.13. The van der Waals surface area contributed by atoms with E-state index in [1.807, 2.05) is 24.1 Å². The standard InChI is InChI=1S/C18H25FN2O.ClH/c1-20-9-6-13-7-10-21(11-8-13)18(22)17-12-16(17)14-2-4-15(19)5-3-14;/h2-5,13,16-17,20H,6-12H2,1H3;1H. The van der Waals surface area contributed by atoms with E-state index in [0.717, 1.165) is 50.4 Å². The normalized spacial score (nSPS) is 24.2. The first kappa shape index (κ1) is 18.2. The highest BCUT2D eigenvalue weighted by Gasteiger charge is 2.46. The Labute approximate surface area is 144 Å². The van der Waals surface area contributed by atoms with Crippen LogP contribution in [-0.4, -0.2) is 37.5 Å². The van der Waals surface area contributed by atoms with Crippen molar-refractivity contribution in [1.29, 1.82) is 0 Å². The number of hydrogen-bond acceptors (Lipinski definition) is 2. The molecule has 1 aromatic carbocycles. The molecule has 1 heterocycles. The third-order valence-corrected chi connectivity index (χ3v) is 5.13. The lowest BCUT2D eigenvalue weighted by atomic mass is 9.93. The molecule has 2 unspecified atom stereocenters. The van der Waals surface area contributed by atoms with Crippen molar-refractivity contribution < 1.29 is 9.18 Å². The van der Waals surface area contributed by atoms with Gasteiger partial charge >= 0.3 is 0 Å². The molecule has 3 nitrogen and oxygen atoms in total. The van der Waals surface area contributed by atoms with Crippen LogP contribution in [0.4, 0.5) is 4.39 Å². The summed E-state index contributed by atoms with van der Waals surface area (Å²) in [6.45, 7) is 2.87. The number of carbonyl (C=O) groups excluding carboxylic acids is 1. The fourth-order valence-corrected chi connectivity index (χ4v) is 3.57. The van der Waals surface area contributed by atoms with Crippen LogP contribution >= 0.6 is 12.4 Å². The molecule has 1 saturated heterocycles. The minimum absolute atomic E-state index is 0. The first-order valence-electron chi connectivity index (χ1n) is 8.38. The number of hydrogen-bond donors (Lipinski definition) is 1. The summed E-state index contributed by atoms with van der Waals surface area (Å²) in [7, 11) is 1.99. The van der Waals surface area contributed by atoms with E-state index < -0.39 is 0 Å². The molecular weight excluding hydrogens is 315 g/mol. The predicted molar refractivity (Wildman–Crippen MR) is 92.3 cm³/mol. The SMILES string of the molecule is CNCCC1CCN(C(=O)C2CC2c2ccc(F)cc2)CC1.Cl. The number of piperidine rings is 1. The summed E-state index contributed by atoms with van der Waals surface area (Å²) in [5, 5.41) is 3.20. The fraction of sp³-hybridized carbons (Fsp3) is 0.611. The average molecular weight is 341 g/mol. The smallest absolute Gasteiger partial charge is 0.226 e. The van der Waals surface area contributed by atoms with Crippen LogP contribution in [0.2, 0.25) is 0 Å². The summed E-state index contributed by atoms with van der Waals surface area (Å²) in [6.07, 6.45) is 4.38. The maximum absolute atomic E-state index is 13.0. The number of nitrogens with one attached hydrogen (secondary N) is 1. The van der Waals surface area contributed by atoms with Crippen molar-refractivity contribution in [1.82, 2.24) is 10.2 Å². The first-order valence-corrected chi connectivity index (χ1v) is 8.38. The average Bonchev–Trinajstić information content (AvgIpc) is 3.34. The molecule has 1 amide bonds. The molecule has 1 aromatic rings. The van der Waals surface area contributed by atoms with E-state index in [9.17, 15) is 9.18 Å².